The molecule has 0 saturated carbocycles. The van der Waals surface area contributed by atoms with E-state index >= 15 is 0 Å². The molecule has 1 N–H and O–H groups in total. The number of aromatic nitrogens is 3. The van der Waals surface area contributed by atoms with Crippen LogP contribution in [0.1, 0.15) is 28.8 Å². The molecule has 0 aromatic carbocycles. The standard InChI is InChI=1S/C17H15F3N4O/c18-17(19,20)16-12(4-3-7-25)10-24(22-16)11-13-9-23-6-2-1-5-15(23)14(13)8-21/h1-2,5-6,9-10,25H,3-4,7,11H2. The van der Waals surface area contributed by atoms with Crippen molar-refractivity contribution in [2.75, 3.05) is 6.61 Å². The zero-order valence-corrected chi connectivity index (χ0v) is 13.2. The van der Waals surface area contributed by atoms with E-state index in [0.29, 0.717) is 16.6 Å². The van der Waals surface area contributed by atoms with Crippen molar-refractivity contribution in [2.45, 2.75) is 25.6 Å². The molecule has 0 spiro atoms. The lowest BCUT2D eigenvalue weighted by atomic mass is 10.1. The predicted octanol–water partition coefficient (Wildman–Crippen LogP) is 3.00. The van der Waals surface area contributed by atoms with E-state index in [9.17, 15) is 18.4 Å². The molecular weight excluding hydrogens is 333 g/mol. The minimum atomic E-state index is -4.56. The summed E-state index contributed by atoms with van der Waals surface area (Å²) in [5, 5.41) is 21.9. The fourth-order valence-electron chi connectivity index (χ4n) is 2.84. The van der Waals surface area contributed by atoms with Gasteiger partial charge in [-0.1, -0.05) is 6.07 Å². The minimum Gasteiger partial charge on any atom is -0.396 e. The second-order valence-electron chi connectivity index (χ2n) is 5.66. The highest BCUT2D eigenvalue weighted by Gasteiger charge is 2.36. The third-order valence-electron chi connectivity index (χ3n) is 3.92. The quantitative estimate of drug-likeness (QED) is 0.771. The van der Waals surface area contributed by atoms with Gasteiger partial charge >= 0.3 is 6.18 Å². The van der Waals surface area contributed by atoms with E-state index < -0.39 is 11.9 Å². The van der Waals surface area contributed by atoms with E-state index in [0.717, 1.165) is 0 Å². The van der Waals surface area contributed by atoms with Crippen LogP contribution in [0.5, 0.6) is 0 Å². The number of aliphatic hydroxyl groups excluding tert-OH is 1. The summed E-state index contributed by atoms with van der Waals surface area (Å²) in [6, 6.07) is 7.48. The first-order valence-corrected chi connectivity index (χ1v) is 7.67. The van der Waals surface area contributed by atoms with Gasteiger partial charge in [0.05, 0.1) is 17.6 Å². The van der Waals surface area contributed by atoms with Gasteiger partial charge in [0.1, 0.15) is 6.07 Å². The summed E-state index contributed by atoms with van der Waals surface area (Å²) in [5.41, 5.74) is 0.816. The number of pyridine rings is 1. The summed E-state index contributed by atoms with van der Waals surface area (Å²) < 4.78 is 42.4. The van der Waals surface area contributed by atoms with Crippen LogP contribution in [-0.4, -0.2) is 25.9 Å². The SMILES string of the molecule is N#Cc1c(Cn2cc(CCCO)c(C(F)(F)F)n2)cn2ccccc12. The van der Waals surface area contributed by atoms with E-state index in [2.05, 4.69) is 11.2 Å². The molecule has 0 unspecified atom stereocenters. The van der Waals surface area contributed by atoms with E-state index in [4.69, 9.17) is 5.11 Å². The minimum absolute atomic E-state index is 0.0452. The van der Waals surface area contributed by atoms with E-state index in [-0.39, 0.29) is 31.6 Å². The number of halogens is 3. The summed E-state index contributed by atoms with van der Waals surface area (Å²) >= 11 is 0. The Bertz CT molecular complexity index is 934. The number of aliphatic hydroxyl groups is 1. The second kappa shape index (κ2) is 6.61. The summed E-state index contributed by atoms with van der Waals surface area (Å²) in [5.74, 6) is 0. The fourth-order valence-corrected chi connectivity index (χ4v) is 2.84. The molecule has 3 rings (SSSR count). The third-order valence-corrected chi connectivity index (χ3v) is 3.92. The summed E-state index contributed by atoms with van der Waals surface area (Å²) in [6.45, 7) is -0.126. The van der Waals surface area contributed by atoms with Crippen molar-refractivity contribution >= 4 is 5.52 Å². The Balaban J connectivity index is 1.98. The van der Waals surface area contributed by atoms with Crippen LogP contribution >= 0.6 is 0 Å². The first kappa shape index (κ1) is 17.0. The Labute approximate surface area is 141 Å². The van der Waals surface area contributed by atoms with Gasteiger partial charge in [0, 0.05) is 36.3 Å². The topological polar surface area (TPSA) is 66.2 Å². The van der Waals surface area contributed by atoms with Gasteiger partial charge in [-0.05, 0) is 25.0 Å². The maximum Gasteiger partial charge on any atom is 0.435 e. The molecule has 0 radical (unpaired) electrons. The van der Waals surface area contributed by atoms with Crippen molar-refractivity contribution in [1.29, 1.82) is 5.26 Å². The van der Waals surface area contributed by atoms with Gasteiger partial charge in [-0.2, -0.15) is 23.5 Å². The number of fused-ring (bicyclic) bond motifs is 1. The van der Waals surface area contributed by atoms with Gasteiger partial charge in [0.2, 0.25) is 0 Å². The lowest BCUT2D eigenvalue weighted by molar-refractivity contribution is -0.142. The molecule has 0 bridgehead atoms. The van der Waals surface area contributed by atoms with Gasteiger partial charge in [-0.3, -0.25) is 4.68 Å². The number of nitriles is 1. The van der Waals surface area contributed by atoms with Crippen LogP contribution in [0.25, 0.3) is 5.52 Å². The average molecular weight is 348 g/mol. The largest absolute Gasteiger partial charge is 0.435 e. The molecule has 0 saturated heterocycles. The fraction of sp³-hybridized carbons (Fsp3) is 0.294. The van der Waals surface area contributed by atoms with Crippen LogP contribution in [-0.2, 0) is 19.1 Å². The lowest BCUT2D eigenvalue weighted by Gasteiger charge is -2.04. The zero-order chi connectivity index (χ0) is 18.0. The Morgan fingerprint density at radius 1 is 1.20 bits per heavy atom. The Morgan fingerprint density at radius 2 is 2.00 bits per heavy atom. The molecule has 8 heteroatoms. The first-order chi connectivity index (χ1) is 11.9. The second-order valence-corrected chi connectivity index (χ2v) is 5.66. The molecule has 0 atom stereocenters. The van der Waals surface area contributed by atoms with Crippen LogP contribution < -0.4 is 0 Å². The van der Waals surface area contributed by atoms with E-state index in [1.165, 1.54) is 10.9 Å². The highest BCUT2D eigenvalue weighted by atomic mass is 19.4. The van der Waals surface area contributed by atoms with Crippen LogP contribution in [0.3, 0.4) is 0 Å². The predicted molar refractivity (Wildman–Crippen MR) is 83.8 cm³/mol. The number of hydrogen-bond acceptors (Lipinski definition) is 3. The van der Waals surface area contributed by atoms with Crippen molar-refractivity contribution in [3.8, 4) is 6.07 Å². The zero-order valence-electron chi connectivity index (χ0n) is 13.2. The maximum absolute atomic E-state index is 13.1. The Hall–Kier alpha value is -2.79. The molecule has 3 aromatic heterocycles. The van der Waals surface area contributed by atoms with E-state index in [1.54, 1.807) is 35.0 Å². The van der Waals surface area contributed by atoms with Gasteiger partial charge in [0.15, 0.2) is 5.69 Å². The smallest absolute Gasteiger partial charge is 0.396 e. The first-order valence-electron chi connectivity index (χ1n) is 7.67. The molecule has 3 heterocycles. The summed E-state index contributed by atoms with van der Waals surface area (Å²) in [4.78, 5) is 0. The number of aryl methyl sites for hydroxylation is 1. The van der Waals surface area contributed by atoms with Crippen molar-refractivity contribution in [3.05, 3.63) is 59.2 Å². The van der Waals surface area contributed by atoms with Crippen LogP contribution in [0.4, 0.5) is 13.2 Å². The third kappa shape index (κ3) is 3.37. The average Bonchev–Trinajstić information content (AvgIpc) is 3.13. The molecule has 130 valence electrons. The van der Waals surface area contributed by atoms with Crippen LogP contribution in [0.15, 0.2) is 36.8 Å². The van der Waals surface area contributed by atoms with Gasteiger partial charge in [-0.25, -0.2) is 0 Å². The monoisotopic (exact) mass is 348 g/mol. The molecule has 0 amide bonds. The molecular formula is C17H15F3N4O. The number of hydrogen-bond donors (Lipinski definition) is 1. The van der Waals surface area contributed by atoms with Crippen molar-refractivity contribution in [2.24, 2.45) is 0 Å². The maximum atomic E-state index is 13.1. The molecule has 0 fully saturated rings. The lowest BCUT2D eigenvalue weighted by Crippen LogP contribution is -2.10. The molecule has 0 aliphatic carbocycles. The summed E-state index contributed by atoms with van der Waals surface area (Å²) in [7, 11) is 0. The number of rotatable bonds is 5. The van der Waals surface area contributed by atoms with Gasteiger partial charge in [0.25, 0.3) is 0 Å². The molecule has 25 heavy (non-hydrogen) atoms. The summed E-state index contributed by atoms with van der Waals surface area (Å²) in [6.07, 6.45) is 0.594. The van der Waals surface area contributed by atoms with Crippen molar-refractivity contribution < 1.29 is 18.3 Å². The normalized spacial score (nSPS) is 11.8. The number of alkyl halides is 3. The highest BCUT2D eigenvalue weighted by Crippen LogP contribution is 2.31. The van der Waals surface area contributed by atoms with E-state index in [1.807, 2.05) is 0 Å². The number of nitrogens with zero attached hydrogens (tertiary/aromatic N) is 4. The molecule has 0 aliphatic heterocycles. The highest BCUT2D eigenvalue weighted by molar-refractivity contribution is 5.65. The van der Waals surface area contributed by atoms with Crippen molar-refractivity contribution in [1.82, 2.24) is 14.2 Å². The van der Waals surface area contributed by atoms with Gasteiger partial charge in [-0.15, -0.1) is 0 Å². The van der Waals surface area contributed by atoms with Crippen LogP contribution in [0.2, 0.25) is 0 Å². The van der Waals surface area contributed by atoms with Crippen LogP contribution in [0, 0.1) is 11.3 Å². The Kier molecular flexibility index (Phi) is 4.51. The molecule has 5 nitrogen and oxygen atoms in total. The van der Waals surface area contributed by atoms with Gasteiger partial charge < -0.3 is 9.51 Å². The Morgan fingerprint density at radius 3 is 2.68 bits per heavy atom. The molecule has 3 aromatic rings. The molecule has 0 aliphatic rings. The van der Waals surface area contributed by atoms with Crippen molar-refractivity contribution in [3.63, 3.8) is 0 Å².